The largest absolute Gasteiger partial charge is 0.379 e. The van der Waals surface area contributed by atoms with Gasteiger partial charge in [0.1, 0.15) is 0 Å². The molecular weight excluding hydrogens is 248 g/mol. The Balaban J connectivity index is 1.61. The Kier molecular flexibility index (Phi) is 4.08. The highest BCUT2D eigenvalue weighted by Gasteiger charge is 2.10. The number of aromatic nitrogens is 1. The summed E-state index contributed by atoms with van der Waals surface area (Å²) in [4.78, 5) is 5.95. The molecule has 0 unspecified atom stereocenters. The normalized spacial score (nSPS) is 16.9. The van der Waals surface area contributed by atoms with Gasteiger partial charge >= 0.3 is 0 Å². The standard InChI is InChI=1S/C17H24N2O/c1-13-14(2)18-17-6-5-15(12-16(13)17)4-3-7-19-8-10-20-11-9-19/h5-6,12,18H,3-4,7-11H2,1-2H3. The van der Waals surface area contributed by atoms with Gasteiger partial charge in [0.15, 0.2) is 0 Å². The summed E-state index contributed by atoms with van der Waals surface area (Å²) in [5.74, 6) is 0. The van der Waals surface area contributed by atoms with Gasteiger partial charge in [0.05, 0.1) is 13.2 Å². The van der Waals surface area contributed by atoms with E-state index in [0.717, 1.165) is 32.7 Å². The molecule has 3 rings (SSSR count). The van der Waals surface area contributed by atoms with Crippen LogP contribution < -0.4 is 0 Å². The van der Waals surface area contributed by atoms with Gasteiger partial charge in [-0.25, -0.2) is 0 Å². The highest BCUT2D eigenvalue weighted by molar-refractivity contribution is 5.84. The van der Waals surface area contributed by atoms with Gasteiger partial charge in [0.25, 0.3) is 0 Å². The van der Waals surface area contributed by atoms with Gasteiger partial charge in [-0.2, -0.15) is 0 Å². The predicted molar refractivity (Wildman–Crippen MR) is 83.4 cm³/mol. The van der Waals surface area contributed by atoms with E-state index in [1.165, 1.54) is 40.7 Å². The number of hydrogen-bond donors (Lipinski definition) is 1. The lowest BCUT2D eigenvalue weighted by Crippen LogP contribution is -2.36. The molecule has 0 spiro atoms. The highest BCUT2D eigenvalue weighted by Crippen LogP contribution is 2.22. The quantitative estimate of drug-likeness (QED) is 0.926. The zero-order chi connectivity index (χ0) is 13.9. The average molecular weight is 272 g/mol. The number of rotatable bonds is 4. The van der Waals surface area contributed by atoms with Crippen molar-refractivity contribution < 1.29 is 4.74 Å². The molecule has 1 fully saturated rings. The monoisotopic (exact) mass is 272 g/mol. The summed E-state index contributed by atoms with van der Waals surface area (Å²) in [6.07, 6.45) is 2.39. The van der Waals surface area contributed by atoms with Crippen molar-refractivity contribution in [2.45, 2.75) is 26.7 Å². The molecule has 1 aliphatic rings. The average Bonchev–Trinajstić information content (AvgIpc) is 2.76. The number of aromatic amines is 1. The summed E-state index contributed by atoms with van der Waals surface area (Å²) in [7, 11) is 0. The number of nitrogens with zero attached hydrogens (tertiary/aromatic N) is 1. The van der Waals surface area contributed by atoms with E-state index in [-0.39, 0.29) is 0 Å². The molecule has 0 saturated carbocycles. The van der Waals surface area contributed by atoms with Crippen molar-refractivity contribution in [3.05, 3.63) is 35.0 Å². The Hall–Kier alpha value is -1.32. The molecule has 0 amide bonds. The summed E-state index contributed by atoms with van der Waals surface area (Å²) < 4.78 is 5.38. The number of aryl methyl sites for hydroxylation is 3. The molecule has 2 heterocycles. The predicted octanol–water partition coefficient (Wildman–Crippen LogP) is 3.05. The third-order valence-corrected chi connectivity index (χ3v) is 4.42. The minimum atomic E-state index is 0.897. The maximum atomic E-state index is 5.38. The van der Waals surface area contributed by atoms with Crippen molar-refractivity contribution in [2.24, 2.45) is 0 Å². The van der Waals surface area contributed by atoms with Gasteiger partial charge in [-0.1, -0.05) is 6.07 Å². The Labute approximate surface area is 120 Å². The van der Waals surface area contributed by atoms with E-state index < -0.39 is 0 Å². The van der Waals surface area contributed by atoms with Crippen molar-refractivity contribution in [1.82, 2.24) is 9.88 Å². The van der Waals surface area contributed by atoms with Crippen molar-refractivity contribution in [2.75, 3.05) is 32.8 Å². The molecule has 0 aliphatic carbocycles. The lowest BCUT2D eigenvalue weighted by Gasteiger charge is -2.26. The zero-order valence-corrected chi connectivity index (χ0v) is 12.5. The lowest BCUT2D eigenvalue weighted by molar-refractivity contribution is 0.0375. The van der Waals surface area contributed by atoms with Crippen LogP contribution >= 0.6 is 0 Å². The van der Waals surface area contributed by atoms with Crippen molar-refractivity contribution in [1.29, 1.82) is 0 Å². The fourth-order valence-corrected chi connectivity index (χ4v) is 3.00. The molecule has 1 N–H and O–H groups in total. The van der Waals surface area contributed by atoms with Crippen molar-refractivity contribution >= 4 is 10.9 Å². The first-order valence-electron chi connectivity index (χ1n) is 7.62. The molecule has 1 aliphatic heterocycles. The fourth-order valence-electron chi connectivity index (χ4n) is 3.00. The van der Waals surface area contributed by atoms with E-state index >= 15 is 0 Å². The van der Waals surface area contributed by atoms with Crippen molar-refractivity contribution in [3.8, 4) is 0 Å². The van der Waals surface area contributed by atoms with Gasteiger partial charge in [-0.05, 0) is 56.5 Å². The number of nitrogens with one attached hydrogen (secondary N) is 1. The lowest BCUT2D eigenvalue weighted by atomic mass is 10.1. The SMILES string of the molecule is Cc1[nH]c2ccc(CCCN3CCOCC3)cc2c1C. The number of morpholine rings is 1. The molecule has 1 saturated heterocycles. The van der Waals surface area contributed by atoms with Gasteiger partial charge in [-0.3, -0.25) is 4.90 Å². The maximum absolute atomic E-state index is 5.38. The van der Waals surface area contributed by atoms with Crippen LogP contribution in [0.5, 0.6) is 0 Å². The molecule has 2 aromatic rings. The van der Waals surface area contributed by atoms with E-state index in [1.54, 1.807) is 0 Å². The molecule has 0 bridgehead atoms. The zero-order valence-electron chi connectivity index (χ0n) is 12.5. The van der Waals surface area contributed by atoms with Crippen LogP contribution in [-0.4, -0.2) is 42.7 Å². The Morgan fingerprint density at radius 1 is 1.20 bits per heavy atom. The summed E-state index contributed by atoms with van der Waals surface area (Å²) in [5.41, 5.74) is 5.38. The van der Waals surface area contributed by atoms with Crippen LogP contribution in [0, 0.1) is 13.8 Å². The Morgan fingerprint density at radius 2 is 2.00 bits per heavy atom. The first kappa shape index (κ1) is 13.7. The molecular formula is C17H24N2O. The van der Waals surface area contributed by atoms with Crippen LogP contribution in [0.15, 0.2) is 18.2 Å². The van der Waals surface area contributed by atoms with Crippen LogP contribution in [-0.2, 0) is 11.2 Å². The van der Waals surface area contributed by atoms with Crippen molar-refractivity contribution in [3.63, 3.8) is 0 Å². The van der Waals surface area contributed by atoms with Crippen LogP contribution in [0.3, 0.4) is 0 Å². The number of fused-ring (bicyclic) bond motifs is 1. The summed E-state index contributed by atoms with van der Waals surface area (Å²) in [6.45, 7) is 9.51. The number of hydrogen-bond acceptors (Lipinski definition) is 2. The van der Waals surface area contributed by atoms with Crippen LogP contribution in [0.2, 0.25) is 0 Å². The summed E-state index contributed by atoms with van der Waals surface area (Å²) in [6, 6.07) is 6.84. The Bertz CT molecular complexity index is 582. The highest BCUT2D eigenvalue weighted by atomic mass is 16.5. The van der Waals surface area contributed by atoms with E-state index in [1.807, 2.05) is 0 Å². The molecule has 3 heteroatoms. The van der Waals surface area contributed by atoms with E-state index in [4.69, 9.17) is 4.74 Å². The Morgan fingerprint density at radius 3 is 2.80 bits per heavy atom. The van der Waals surface area contributed by atoms with Crippen LogP contribution in [0.4, 0.5) is 0 Å². The van der Waals surface area contributed by atoms with Gasteiger partial charge < -0.3 is 9.72 Å². The minimum absolute atomic E-state index is 0.897. The topological polar surface area (TPSA) is 28.3 Å². The molecule has 20 heavy (non-hydrogen) atoms. The van der Waals surface area contributed by atoms with Gasteiger partial charge in [0.2, 0.25) is 0 Å². The molecule has 1 aromatic carbocycles. The molecule has 0 radical (unpaired) electrons. The second-order valence-electron chi connectivity index (χ2n) is 5.81. The molecule has 3 nitrogen and oxygen atoms in total. The van der Waals surface area contributed by atoms with Crippen LogP contribution in [0.1, 0.15) is 23.2 Å². The smallest absolute Gasteiger partial charge is 0.0594 e. The van der Waals surface area contributed by atoms with Gasteiger partial charge in [0, 0.05) is 29.7 Å². The number of benzene rings is 1. The summed E-state index contributed by atoms with van der Waals surface area (Å²) >= 11 is 0. The van der Waals surface area contributed by atoms with E-state index in [0.29, 0.717) is 0 Å². The molecule has 108 valence electrons. The second kappa shape index (κ2) is 5.98. The fraction of sp³-hybridized carbons (Fsp3) is 0.529. The first-order valence-corrected chi connectivity index (χ1v) is 7.62. The second-order valence-corrected chi connectivity index (χ2v) is 5.81. The first-order chi connectivity index (χ1) is 9.74. The van der Waals surface area contributed by atoms with Crippen LogP contribution in [0.25, 0.3) is 10.9 Å². The number of ether oxygens (including phenoxy) is 1. The maximum Gasteiger partial charge on any atom is 0.0594 e. The van der Waals surface area contributed by atoms with E-state index in [2.05, 4.69) is 41.9 Å². The van der Waals surface area contributed by atoms with E-state index in [9.17, 15) is 0 Å². The third-order valence-electron chi connectivity index (χ3n) is 4.42. The molecule has 1 aromatic heterocycles. The summed E-state index contributed by atoms with van der Waals surface area (Å²) in [5, 5.41) is 1.38. The third kappa shape index (κ3) is 2.89. The number of H-pyrrole nitrogens is 1. The minimum Gasteiger partial charge on any atom is -0.379 e. The van der Waals surface area contributed by atoms with Gasteiger partial charge in [-0.15, -0.1) is 0 Å². The molecule has 0 atom stereocenters.